The molecule has 0 saturated carbocycles. The highest BCUT2D eigenvalue weighted by atomic mass is 16.5. The predicted octanol–water partition coefficient (Wildman–Crippen LogP) is 2.75. The molecule has 2 aliphatic rings. The number of ether oxygens (including phenoxy) is 3. The van der Waals surface area contributed by atoms with Gasteiger partial charge in [-0.1, -0.05) is 12.1 Å². The van der Waals surface area contributed by atoms with Crippen LogP contribution >= 0.6 is 0 Å². The summed E-state index contributed by atoms with van der Waals surface area (Å²) in [4.78, 5) is 30.4. The molecule has 2 heterocycles. The Morgan fingerprint density at radius 2 is 1.66 bits per heavy atom. The number of rotatable bonds is 10. The van der Waals surface area contributed by atoms with Gasteiger partial charge in [-0.2, -0.15) is 5.10 Å². The van der Waals surface area contributed by atoms with Gasteiger partial charge in [-0.05, 0) is 54.4 Å². The molecule has 1 atom stereocenters. The number of carbonyl (C=O) groups is 2. The number of hydrazone groups is 1. The summed E-state index contributed by atoms with van der Waals surface area (Å²) in [5.74, 6) is 1.26. The zero-order valence-electron chi connectivity index (χ0n) is 22.4. The van der Waals surface area contributed by atoms with Crippen molar-refractivity contribution in [2.75, 3.05) is 66.7 Å². The second kappa shape index (κ2) is 13.3. The average molecular weight is 524 g/mol. The first kappa shape index (κ1) is 27.4. The fourth-order valence-electron chi connectivity index (χ4n) is 4.62. The number of amides is 3. The third-order valence-electron chi connectivity index (χ3n) is 6.82. The smallest absolute Gasteiger partial charge is 0.317 e. The monoisotopic (exact) mass is 523 g/mol. The minimum atomic E-state index is -0.291. The molecule has 1 fully saturated rings. The Balaban J connectivity index is 1.55. The van der Waals surface area contributed by atoms with Gasteiger partial charge >= 0.3 is 6.03 Å². The Morgan fingerprint density at radius 1 is 1.03 bits per heavy atom. The Morgan fingerprint density at radius 3 is 2.26 bits per heavy atom. The molecular formula is C28H37N5O5. The van der Waals surface area contributed by atoms with Gasteiger partial charge in [0.05, 0.1) is 39.2 Å². The van der Waals surface area contributed by atoms with Crippen LogP contribution in [0.15, 0.2) is 53.6 Å². The van der Waals surface area contributed by atoms with Crippen molar-refractivity contribution < 1.29 is 23.8 Å². The number of nitrogens with zero attached hydrogens (tertiary/aromatic N) is 4. The molecule has 0 aromatic heterocycles. The van der Waals surface area contributed by atoms with Gasteiger partial charge in [-0.15, -0.1) is 0 Å². The van der Waals surface area contributed by atoms with Crippen LogP contribution in [0.1, 0.15) is 30.5 Å². The summed E-state index contributed by atoms with van der Waals surface area (Å²) in [5, 5.41) is 9.14. The SMILES string of the molecule is CCNC(=O)N(CCN1CCOCC1)CC(=O)N1N=C(c2ccc(OC)cc2)CC1c1ccc(OC)cc1. The zero-order valence-corrected chi connectivity index (χ0v) is 22.4. The van der Waals surface area contributed by atoms with Crippen molar-refractivity contribution in [3.05, 3.63) is 59.7 Å². The summed E-state index contributed by atoms with van der Waals surface area (Å²) in [6.07, 6.45) is 0.555. The van der Waals surface area contributed by atoms with Crippen molar-refractivity contribution in [3.8, 4) is 11.5 Å². The summed E-state index contributed by atoms with van der Waals surface area (Å²) in [5.41, 5.74) is 2.68. The summed E-state index contributed by atoms with van der Waals surface area (Å²) in [7, 11) is 3.25. The maximum absolute atomic E-state index is 13.7. The molecule has 2 aromatic rings. The van der Waals surface area contributed by atoms with E-state index in [4.69, 9.17) is 19.3 Å². The highest BCUT2D eigenvalue weighted by Gasteiger charge is 2.34. The predicted molar refractivity (Wildman–Crippen MR) is 145 cm³/mol. The first-order chi connectivity index (χ1) is 18.5. The van der Waals surface area contributed by atoms with Crippen molar-refractivity contribution >= 4 is 17.6 Å². The van der Waals surface area contributed by atoms with Crippen molar-refractivity contribution in [1.82, 2.24) is 20.1 Å². The Labute approximate surface area is 224 Å². The van der Waals surface area contributed by atoms with Crippen LogP contribution in [-0.4, -0.2) is 99.2 Å². The molecule has 0 spiro atoms. The van der Waals surface area contributed by atoms with Crippen molar-refractivity contribution in [3.63, 3.8) is 0 Å². The van der Waals surface area contributed by atoms with Crippen LogP contribution < -0.4 is 14.8 Å². The molecule has 1 N–H and O–H groups in total. The molecule has 2 aliphatic heterocycles. The number of hydrogen-bond acceptors (Lipinski definition) is 7. The molecule has 2 aromatic carbocycles. The van der Waals surface area contributed by atoms with E-state index in [0.717, 1.165) is 41.4 Å². The Bertz CT molecular complexity index is 1100. The van der Waals surface area contributed by atoms with Gasteiger partial charge in [0.2, 0.25) is 0 Å². The quantitative estimate of drug-likeness (QED) is 0.515. The molecule has 1 saturated heterocycles. The van der Waals surface area contributed by atoms with E-state index in [2.05, 4.69) is 10.2 Å². The van der Waals surface area contributed by atoms with Gasteiger partial charge in [0.1, 0.15) is 18.0 Å². The van der Waals surface area contributed by atoms with Crippen molar-refractivity contribution in [2.45, 2.75) is 19.4 Å². The van der Waals surface area contributed by atoms with Gasteiger partial charge in [-0.25, -0.2) is 9.80 Å². The van der Waals surface area contributed by atoms with Crippen LogP contribution in [0.25, 0.3) is 0 Å². The summed E-state index contributed by atoms with van der Waals surface area (Å²) in [6.45, 7) is 6.40. The summed E-state index contributed by atoms with van der Waals surface area (Å²) < 4.78 is 16.0. The lowest BCUT2D eigenvalue weighted by Crippen LogP contribution is -2.49. The van der Waals surface area contributed by atoms with E-state index in [0.29, 0.717) is 39.3 Å². The standard InChI is InChI=1S/C28H37N5O5/c1-4-29-28(35)32(14-13-31-15-17-38-18-16-31)20-27(34)33-26(22-7-11-24(37-3)12-8-22)19-25(30-33)21-5-9-23(36-2)10-6-21/h5-12,26H,4,13-20H2,1-3H3,(H,29,35). The number of carbonyl (C=O) groups excluding carboxylic acids is 2. The van der Waals surface area contributed by atoms with Gasteiger partial charge in [-0.3, -0.25) is 9.69 Å². The molecule has 0 bridgehead atoms. The first-order valence-electron chi connectivity index (χ1n) is 13.0. The number of methoxy groups -OCH3 is 2. The van der Waals surface area contributed by atoms with Crippen LogP contribution in [0, 0.1) is 0 Å². The minimum absolute atomic E-state index is 0.0672. The first-order valence-corrected chi connectivity index (χ1v) is 13.0. The van der Waals surface area contributed by atoms with E-state index in [1.54, 1.807) is 19.1 Å². The molecule has 1 unspecified atom stereocenters. The lowest BCUT2D eigenvalue weighted by Gasteiger charge is -2.31. The maximum Gasteiger partial charge on any atom is 0.317 e. The summed E-state index contributed by atoms with van der Waals surface area (Å²) in [6, 6.07) is 14.8. The van der Waals surface area contributed by atoms with Crippen LogP contribution in [-0.2, 0) is 9.53 Å². The Hall–Kier alpha value is -3.63. The lowest BCUT2D eigenvalue weighted by atomic mass is 9.98. The number of nitrogens with one attached hydrogen (secondary N) is 1. The Kier molecular flexibility index (Phi) is 9.56. The fourth-order valence-corrected chi connectivity index (χ4v) is 4.62. The normalized spacial score (nSPS) is 17.6. The second-order valence-corrected chi connectivity index (χ2v) is 9.22. The van der Waals surface area contributed by atoms with E-state index in [1.165, 1.54) is 5.01 Å². The van der Waals surface area contributed by atoms with E-state index >= 15 is 0 Å². The fraction of sp³-hybridized carbons (Fsp3) is 0.464. The van der Waals surface area contributed by atoms with Crippen LogP contribution in [0.2, 0.25) is 0 Å². The lowest BCUT2D eigenvalue weighted by molar-refractivity contribution is -0.133. The van der Waals surface area contributed by atoms with E-state index in [9.17, 15) is 9.59 Å². The topological polar surface area (TPSA) is 95.9 Å². The van der Waals surface area contributed by atoms with Crippen LogP contribution in [0.3, 0.4) is 0 Å². The molecule has 4 rings (SSSR count). The molecule has 10 nitrogen and oxygen atoms in total. The van der Waals surface area contributed by atoms with Gasteiger partial charge < -0.3 is 24.4 Å². The maximum atomic E-state index is 13.7. The third kappa shape index (κ3) is 6.81. The minimum Gasteiger partial charge on any atom is -0.497 e. The molecule has 204 valence electrons. The zero-order chi connectivity index (χ0) is 26.9. The average Bonchev–Trinajstić information content (AvgIpc) is 3.41. The molecule has 10 heteroatoms. The number of urea groups is 1. The summed E-state index contributed by atoms with van der Waals surface area (Å²) >= 11 is 0. The molecular weight excluding hydrogens is 486 g/mol. The largest absolute Gasteiger partial charge is 0.497 e. The number of morpholine rings is 1. The molecule has 3 amide bonds. The van der Waals surface area contributed by atoms with Gasteiger partial charge in [0, 0.05) is 39.1 Å². The van der Waals surface area contributed by atoms with Gasteiger partial charge in [0.25, 0.3) is 5.91 Å². The second-order valence-electron chi connectivity index (χ2n) is 9.22. The molecule has 0 aliphatic carbocycles. The van der Waals surface area contributed by atoms with Crippen molar-refractivity contribution in [1.29, 1.82) is 0 Å². The molecule has 38 heavy (non-hydrogen) atoms. The third-order valence-corrected chi connectivity index (χ3v) is 6.82. The van der Waals surface area contributed by atoms with Crippen molar-refractivity contribution in [2.24, 2.45) is 5.10 Å². The molecule has 0 radical (unpaired) electrons. The number of hydrogen-bond donors (Lipinski definition) is 1. The number of benzene rings is 2. The van der Waals surface area contributed by atoms with Crippen LogP contribution in [0.5, 0.6) is 11.5 Å². The highest BCUT2D eigenvalue weighted by Crippen LogP contribution is 2.34. The highest BCUT2D eigenvalue weighted by molar-refractivity contribution is 6.03. The van der Waals surface area contributed by atoms with E-state index in [1.807, 2.05) is 55.5 Å². The van der Waals surface area contributed by atoms with E-state index in [-0.39, 0.29) is 24.5 Å². The van der Waals surface area contributed by atoms with Crippen LogP contribution in [0.4, 0.5) is 4.79 Å². The van der Waals surface area contributed by atoms with Gasteiger partial charge in [0.15, 0.2) is 0 Å². The van der Waals surface area contributed by atoms with E-state index < -0.39 is 0 Å².